The first-order valence-electron chi connectivity index (χ1n) is 3.86. The Labute approximate surface area is 94.7 Å². The molecular formula is C8H11NaO4. The standard InChI is InChI=1S/C8H11O4.Na/c1-4-5-6(7(9)11-2)8(10)12-3;/h4-6H,1H2,2-3H3;. The van der Waals surface area contributed by atoms with Gasteiger partial charge in [-0.2, -0.15) is 0 Å². The van der Waals surface area contributed by atoms with Crippen LogP contribution in [0, 0.1) is 5.92 Å². The van der Waals surface area contributed by atoms with Crippen LogP contribution in [0.15, 0.2) is 12.7 Å². The second-order valence-electron chi connectivity index (χ2n) is 2.62. The van der Waals surface area contributed by atoms with Gasteiger partial charge in [0.25, 0.3) is 0 Å². The molecule has 13 heavy (non-hydrogen) atoms. The van der Waals surface area contributed by atoms with Crippen molar-refractivity contribution in [3.8, 4) is 0 Å². The van der Waals surface area contributed by atoms with Crippen LogP contribution in [0.1, 0.15) is 0 Å². The molecule has 0 radical (unpaired) electrons. The van der Waals surface area contributed by atoms with Crippen LogP contribution in [0.4, 0.5) is 0 Å². The van der Waals surface area contributed by atoms with E-state index in [-0.39, 0.29) is 3.17 Å². The molecule has 0 aliphatic rings. The van der Waals surface area contributed by atoms with Crippen molar-refractivity contribution >= 4 is 39.9 Å². The number of hydrogen-bond donors (Lipinski definition) is 0. The van der Waals surface area contributed by atoms with Gasteiger partial charge in [0.1, 0.15) is 0 Å². The zero-order chi connectivity index (χ0) is 10.4. The van der Waals surface area contributed by atoms with E-state index in [4.69, 9.17) is 0 Å². The number of hydrogen-bond acceptors (Lipinski definition) is 4. The summed E-state index contributed by atoms with van der Waals surface area (Å²) in [6, 6.07) is 0. The van der Waals surface area contributed by atoms with Crippen molar-refractivity contribution in [2.45, 2.75) is 3.17 Å². The molecule has 0 saturated heterocycles. The van der Waals surface area contributed by atoms with Gasteiger partial charge in [0, 0.05) is 0 Å². The molecule has 0 aromatic rings. The Balaban J connectivity index is 4.63. The van der Waals surface area contributed by atoms with Crippen LogP contribution in [0.25, 0.3) is 0 Å². The summed E-state index contributed by atoms with van der Waals surface area (Å²) in [5.41, 5.74) is 0. The van der Waals surface area contributed by atoms with E-state index in [0.717, 1.165) is 0 Å². The van der Waals surface area contributed by atoms with Crippen molar-refractivity contribution in [1.29, 1.82) is 0 Å². The number of ether oxygens (including phenoxy) is 2. The molecule has 68 valence electrons. The summed E-state index contributed by atoms with van der Waals surface area (Å²) in [6.45, 7) is 3.53. The Morgan fingerprint density at radius 1 is 1.31 bits per heavy atom. The Morgan fingerprint density at radius 3 is 1.92 bits per heavy atom. The quantitative estimate of drug-likeness (QED) is 0.275. The van der Waals surface area contributed by atoms with Gasteiger partial charge < -0.3 is 0 Å². The van der Waals surface area contributed by atoms with Crippen LogP contribution in [0.5, 0.6) is 0 Å². The molecular weight excluding hydrogens is 183 g/mol. The van der Waals surface area contributed by atoms with Gasteiger partial charge in [0.15, 0.2) is 0 Å². The van der Waals surface area contributed by atoms with Gasteiger partial charge in [0.05, 0.1) is 0 Å². The maximum atomic E-state index is 11.2. The van der Waals surface area contributed by atoms with E-state index in [1.807, 2.05) is 0 Å². The van der Waals surface area contributed by atoms with Crippen molar-refractivity contribution in [3.05, 3.63) is 12.7 Å². The first-order chi connectivity index (χ1) is 6.08. The predicted octanol–water partition coefficient (Wildman–Crippen LogP) is 0.0916. The number of allylic oxidation sites excluding steroid dienone is 1. The summed E-state index contributed by atoms with van der Waals surface area (Å²) in [7, 11) is 2.49. The molecule has 0 saturated carbocycles. The topological polar surface area (TPSA) is 52.6 Å². The van der Waals surface area contributed by atoms with Crippen LogP contribution in [-0.2, 0) is 19.1 Å². The van der Waals surface area contributed by atoms with Gasteiger partial charge in [-0.1, -0.05) is 0 Å². The van der Waals surface area contributed by atoms with Gasteiger partial charge in [-0.05, 0) is 0 Å². The first-order valence-corrected chi connectivity index (χ1v) is 5.02. The minimum atomic E-state index is -0.848. The molecule has 4 nitrogen and oxygen atoms in total. The molecule has 0 fully saturated rings. The van der Waals surface area contributed by atoms with Gasteiger partial charge in [-0.15, -0.1) is 0 Å². The molecule has 0 spiro atoms. The molecule has 0 aromatic heterocycles. The second kappa shape index (κ2) is 6.18. The molecule has 0 rings (SSSR count). The Bertz CT molecular complexity index is 198. The van der Waals surface area contributed by atoms with Crippen molar-refractivity contribution in [2.75, 3.05) is 14.2 Å². The third-order valence-electron chi connectivity index (χ3n) is 1.81. The summed E-state index contributed by atoms with van der Waals surface area (Å²) in [6.07, 6.45) is 1.57. The van der Waals surface area contributed by atoms with Crippen LogP contribution < -0.4 is 0 Å². The summed E-state index contributed by atoms with van der Waals surface area (Å²) < 4.78 is 8.83. The SMILES string of the molecule is C=C[CH]([Na])C(C(=O)OC)C(=O)OC. The van der Waals surface area contributed by atoms with Crippen LogP contribution in [0.2, 0.25) is 3.17 Å². The van der Waals surface area contributed by atoms with Gasteiger partial charge in [0.2, 0.25) is 0 Å². The Hall–Kier alpha value is -0.320. The summed E-state index contributed by atoms with van der Waals surface area (Å²) in [5, 5.41) is 0. The number of rotatable bonds is 4. The van der Waals surface area contributed by atoms with Crippen molar-refractivity contribution in [2.24, 2.45) is 5.92 Å². The van der Waals surface area contributed by atoms with Crippen LogP contribution in [-0.4, -0.2) is 54.1 Å². The number of carbonyl (C=O) groups is 2. The summed E-state index contributed by atoms with van der Waals surface area (Å²) >= 11 is 0.658. The fourth-order valence-electron chi connectivity index (χ4n) is 0.916. The molecule has 1 atom stereocenters. The zero-order valence-corrected chi connectivity index (χ0v) is 10.1. The van der Waals surface area contributed by atoms with Crippen LogP contribution in [0.3, 0.4) is 0 Å². The van der Waals surface area contributed by atoms with E-state index >= 15 is 0 Å². The monoisotopic (exact) mass is 194 g/mol. The summed E-state index contributed by atoms with van der Waals surface area (Å²) in [5.74, 6) is -1.97. The molecule has 0 amide bonds. The average Bonchev–Trinajstić information content (AvgIpc) is 2.16. The van der Waals surface area contributed by atoms with Crippen LogP contribution >= 0.6 is 0 Å². The van der Waals surface area contributed by atoms with E-state index in [9.17, 15) is 9.59 Å². The zero-order valence-electron chi connectivity index (χ0n) is 8.07. The van der Waals surface area contributed by atoms with E-state index in [2.05, 4.69) is 16.1 Å². The third kappa shape index (κ3) is 3.50. The molecule has 0 heterocycles. The van der Waals surface area contributed by atoms with Gasteiger partial charge in [-0.25, -0.2) is 0 Å². The molecule has 0 aliphatic heterocycles. The van der Waals surface area contributed by atoms with E-state index in [0.29, 0.717) is 27.9 Å². The van der Waals surface area contributed by atoms with Crippen molar-refractivity contribution in [1.82, 2.24) is 0 Å². The third-order valence-corrected chi connectivity index (χ3v) is 2.95. The molecule has 0 bridgehead atoms. The number of carbonyl (C=O) groups excluding carboxylic acids is 2. The molecule has 0 aliphatic carbocycles. The average molecular weight is 194 g/mol. The van der Waals surface area contributed by atoms with Crippen molar-refractivity contribution in [3.63, 3.8) is 0 Å². The maximum absolute atomic E-state index is 11.2. The molecule has 1 unspecified atom stereocenters. The number of methoxy groups -OCH3 is 2. The Kier molecular flexibility index (Phi) is 6.03. The van der Waals surface area contributed by atoms with Crippen molar-refractivity contribution < 1.29 is 19.1 Å². The fraction of sp³-hybridized carbons (Fsp3) is 0.500. The molecule has 5 heteroatoms. The van der Waals surface area contributed by atoms with Gasteiger partial charge >= 0.3 is 94.9 Å². The Morgan fingerprint density at radius 2 is 1.69 bits per heavy atom. The summed E-state index contributed by atoms with van der Waals surface area (Å²) in [4.78, 5) is 22.3. The first kappa shape index (κ1) is 12.7. The predicted molar refractivity (Wildman–Crippen MR) is 47.2 cm³/mol. The normalized spacial score (nSPS) is 12.1. The second-order valence-corrected chi connectivity index (χ2v) is 3.95. The van der Waals surface area contributed by atoms with Gasteiger partial charge in [-0.3, -0.25) is 0 Å². The number of esters is 2. The van der Waals surface area contributed by atoms with E-state index in [1.54, 1.807) is 6.08 Å². The minimum absolute atomic E-state index is 0.153. The fourth-order valence-corrected chi connectivity index (χ4v) is 1.46. The van der Waals surface area contributed by atoms with E-state index < -0.39 is 17.9 Å². The molecule has 0 aromatic carbocycles. The van der Waals surface area contributed by atoms with E-state index in [1.165, 1.54) is 14.2 Å². The molecule has 0 N–H and O–H groups in total.